The molecule has 3 heterocycles. The molecule has 0 aliphatic carbocycles. The van der Waals surface area contributed by atoms with Crippen molar-refractivity contribution in [1.82, 2.24) is 24.5 Å². The van der Waals surface area contributed by atoms with Crippen LogP contribution in [0, 0.1) is 13.8 Å². The summed E-state index contributed by atoms with van der Waals surface area (Å²) in [5.41, 5.74) is 4.66. The van der Waals surface area contributed by atoms with Crippen LogP contribution in [-0.2, 0) is 6.42 Å². The molecule has 1 aromatic carbocycles. The van der Waals surface area contributed by atoms with Gasteiger partial charge in [0.15, 0.2) is 5.82 Å². The molecule has 0 radical (unpaired) electrons. The second kappa shape index (κ2) is 8.12. The van der Waals surface area contributed by atoms with Crippen molar-refractivity contribution in [1.29, 1.82) is 0 Å². The van der Waals surface area contributed by atoms with Crippen LogP contribution in [0.1, 0.15) is 34.4 Å². The number of carbonyl (C=O) groups is 1. The molecular formula is C22H21ClN6O. The SMILES string of the molecule is CCc1c(C(=O)Nc2ccc(-n3nc(C)cc3C)nc2)cnn1-c1cccc(Cl)c1. The fourth-order valence-corrected chi connectivity index (χ4v) is 3.56. The van der Waals surface area contributed by atoms with Gasteiger partial charge in [-0.05, 0) is 56.7 Å². The van der Waals surface area contributed by atoms with E-state index >= 15 is 0 Å². The molecule has 8 heteroatoms. The summed E-state index contributed by atoms with van der Waals surface area (Å²) in [4.78, 5) is 17.3. The first-order chi connectivity index (χ1) is 14.5. The lowest BCUT2D eigenvalue weighted by atomic mass is 10.2. The topological polar surface area (TPSA) is 77.6 Å². The van der Waals surface area contributed by atoms with E-state index < -0.39 is 0 Å². The normalized spacial score (nSPS) is 10.9. The smallest absolute Gasteiger partial charge is 0.259 e. The van der Waals surface area contributed by atoms with Crippen LogP contribution in [0.4, 0.5) is 5.69 Å². The van der Waals surface area contributed by atoms with Crippen LogP contribution in [0.5, 0.6) is 0 Å². The van der Waals surface area contributed by atoms with Crippen LogP contribution < -0.4 is 5.32 Å². The van der Waals surface area contributed by atoms with Gasteiger partial charge in [-0.3, -0.25) is 4.79 Å². The zero-order chi connectivity index (χ0) is 21.3. The van der Waals surface area contributed by atoms with E-state index in [2.05, 4.69) is 20.5 Å². The van der Waals surface area contributed by atoms with Gasteiger partial charge in [-0.1, -0.05) is 24.6 Å². The Morgan fingerprint density at radius 2 is 1.93 bits per heavy atom. The Bertz CT molecular complexity index is 1210. The van der Waals surface area contributed by atoms with Crippen molar-refractivity contribution < 1.29 is 4.79 Å². The summed E-state index contributed by atoms with van der Waals surface area (Å²) in [5.74, 6) is 0.461. The second-order valence-corrected chi connectivity index (χ2v) is 7.38. The lowest BCUT2D eigenvalue weighted by molar-refractivity contribution is 0.102. The second-order valence-electron chi connectivity index (χ2n) is 6.95. The zero-order valence-electron chi connectivity index (χ0n) is 16.9. The Kier molecular flexibility index (Phi) is 5.37. The van der Waals surface area contributed by atoms with E-state index in [1.165, 1.54) is 0 Å². The summed E-state index contributed by atoms with van der Waals surface area (Å²) in [7, 11) is 0. The van der Waals surface area contributed by atoms with E-state index in [9.17, 15) is 4.79 Å². The third kappa shape index (κ3) is 3.84. The van der Waals surface area contributed by atoms with Gasteiger partial charge >= 0.3 is 0 Å². The number of hydrogen-bond donors (Lipinski definition) is 1. The van der Waals surface area contributed by atoms with Crippen LogP contribution in [0.3, 0.4) is 0 Å². The fourth-order valence-electron chi connectivity index (χ4n) is 3.38. The number of aromatic nitrogens is 5. The van der Waals surface area contributed by atoms with Crippen molar-refractivity contribution in [2.24, 2.45) is 0 Å². The van der Waals surface area contributed by atoms with Gasteiger partial charge in [0.1, 0.15) is 0 Å². The van der Waals surface area contributed by atoms with E-state index in [1.807, 2.05) is 57.2 Å². The van der Waals surface area contributed by atoms with E-state index in [0.717, 1.165) is 22.8 Å². The molecule has 0 aliphatic heterocycles. The van der Waals surface area contributed by atoms with Crippen molar-refractivity contribution in [2.45, 2.75) is 27.2 Å². The number of rotatable bonds is 5. The molecule has 0 saturated heterocycles. The molecule has 3 aromatic heterocycles. The number of aryl methyl sites for hydroxylation is 2. The number of anilines is 1. The monoisotopic (exact) mass is 420 g/mol. The quantitative estimate of drug-likeness (QED) is 0.514. The first kappa shape index (κ1) is 19.8. The van der Waals surface area contributed by atoms with Gasteiger partial charge in [0.2, 0.25) is 0 Å². The summed E-state index contributed by atoms with van der Waals surface area (Å²) in [5, 5.41) is 12.3. The molecule has 152 valence electrons. The Balaban J connectivity index is 1.56. The van der Waals surface area contributed by atoms with Crippen LogP contribution in [0.2, 0.25) is 5.02 Å². The lowest BCUT2D eigenvalue weighted by Gasteiger charge is -2.09. The number of nitrogens with one attached hydrogen (secondary N) is 1. The largest absolute Gasteiger partial charge is 0.320 e. The van der Waals surface area contributed by atoms with Crippen molar-refractivity contribution in [2.75, 3.05) is 5.32 Å². The Morgan fingerprint density at radius 3 is 2.57 bits per heavy atom. The molecule has 0 atom stereocenters. The van der Waals surface area contributed by atoms with Crippen molar-refractivity contribution in [3.8, 4) is 11.5 Å². The van der Waals surface area contributed by atoms with E-state index in [4.69, 9.17) is 11.6 Å². The fraction of sp³-hybridized carbons (Fsp3) is 0.182. The van der Waals surface area contributed by atoms with Gasteiger partial charge in [-0.25, -0.2) is 14.3 Å². The Hall–Kier alpha value is -3.45. The van der Waals surface area contributed by atoms with Crippen LogP contribution in [0.15, 0.2) is 54.9 Å². The van der Waals surface area contributed by atoms with E-state index in [1.54, 1.807) is 27.8 Å². The number of pyridine rings is 1. The molecule has 0 aliphatic rings. The average Bonchev–Trinajstić information content (AvgIpc) is 3.31. The zero-order valence-corrected chi connectivity index (χ0v) is 17.7. The first-order valence-corrected chi connectivity index (χ1v) is 9.98. The predicted molar refractivity (Wildman–Crippen MR) is 117 cm³/mol. The maximum Gasteiger partial charge on any atom is 0.259 e. The summed E-state index contributed by atoms with van der Waals surface area (Å²) >= 11 is 6.10. The third-order valence-electron chi connectivity index (χ3n) is 4.73. The summed E-state index contributed by atoms with van der Waals surface area (Å²) < 4.78 is 3.51. The highest BCUT2D eigenvalue weighted by Crippen LogP contribution is 2.20. The van der Waals surface area contributed by atoms with Gasteiger partial charge in [-0.2, -0.15) is 10.2 Å². The summed E-state index contributed by atoms with van der Waals surface area (Å²) in [6.07, 6.45) is 3.84. The molecule has 0 unspecified atom stereocenters. The Labute approximate surface area is 179 Å². The highest BCUT2D eigenvalue weighted by Gasteiger charge is 2.18. The maximum atomic E-state index is 12.9. The van der Waals surface area contributed by atoms with Crippen molar-refractivity contribution in [3.63, 3.8) is 0 Å². The number of hydrogen-bond acceptors (Lipinski definition) is 4. The molecule has 1 N–H and O–H groups in total. The molecule has 4 rings (SSSR count). The van der Waals surface area contributed by atoms with Gasteiger partial charge in [0, 0.05) is 10.7 Å². The number of nitrogens with zero attached hydrogens (tertiary/aromatic N) is 5. The molecule has 0 bridgehead atoms. The van der Waals surface area contributed by atoms with Crippen molar-refractivity contribution >= 4 is 23.2 Å². The maximum absolute atomic E-state index is 12.9. The highest BCUT2D eigenvalue weighted by atomic mass is 35.5. The van der Waals surface area contributed by atoms with Gasteiger partial charge in [-0.15, -0.1) is 0 Å². The highest BCUT2D eigenvalue weighted by molar-refractivity contribution is 6.30. The van der Waals surface area contributed by atoms with Gasteiger partial charge in [0.05, 0.1) is 40.7 Å². The summed E-state index contributed by atoms with van der Waals surface area (Å²) in [6.45, 7) is 5.90. The van der Waals surface area contributed by atoms with Crippen LogP contribution in [-0.4, -0.2) is 30.5 Å². The number of carbonyl (C=O) groups excluding carboxylic acids is 1. The molecular weight excluding hydrogens is 400 g/mol. The minimum atomic E-state index is -0.235. The van der Waals surface area contributed by atoms with Crippen LogP contribution in [0.25, 0.3) is 11.5 Å². The molecule has 0 spiro atoms. The van der Waals surface area contributed by atoms with Gasteiger partial charge in [0.25, 0.3) is 5.91 Å². The number of benzene rings is 1. The average molecular weight is 421 g/mol. The number of halogens is 1. The summed E-state index contributed by atoms with van der Waals surface area (Å²) in [6, 6.07) is 13.0. The van der Waals surface area contributed by atoms with Crippen LogP contribution >= 0.6 is 11.6 Å². The van der Waals surface area contributed by atoms with Gasteiger partial charge < -0.3 is 5.32 Å². The molecule has 1 amide bonds. The molecule has 0 saturated carbocycles. The standard InChI is InChI=1S/C22H21ClN6O/c1-4-20-19(13-25-29(20)18-7-5-6-16(23)11-18)22(30)26-17-8-9-21(24-12-17)28-15(3)10-14(2)27-28/h5-13H,4H2,1-3H3,(H,26,30). The van der Waals surface area contributed by atoms with E-state index in [0.29, 0.717) is 28.5 Å². The Morgan fingerprint density at radius 1 is 1.10 bits per heavy atom. The lowest BCUT2D eigenvalue weighted by Crippen LogP contribution is -2.14. The first-order valence-electron chi connectivity index (χ1n) is 9.60. The molecule has 30 heavy (non-hydrogen) atoms. The minimum Gasteiger partial charge on any atom is -0.320 e. The number of amides is 1. The third-order valence-corrected chi connectivity index (χ3v) is 4.97. The van der Waals surface area contributed by atoms with Crippen molar-refractivity contribution in [3.05, 3.63) is 82.5 Å². The minimum absolute atomic E-state index is 0.235. The van der Waals surface area contributed by atoms with E-state index in [-0.39, 0.29) is 5.91 Å². The molecule has 0 fully saturated rings. The molecule has 7 nitrogen and oxygen atoms in total. The predicted octanol–water partition coefficient (Wildman–Crippen LogP) is 4.54. The molecule has 4 aromatic rings.